The number of rotatable bonds is 9. The number of halogens is 1. The first-order chi connectivity index (χ1) is 20.2. The van der Waals surface area contributed by atoms with Gasteiger partial charge in [-0.15, -0.1) is 24.0 Å². The molecule has 1 atom stereocenters. The summed E-state index contributed by atoms with van der Waals surface area (Å²) in [5, 5.41) is 0. The highest BCUT2D eigenvalue weighted by atomic mass is 127. The summed E-state index contributed by atoms with van der Waals surface area (Å²) < 4.78 is 13.0. The number of hydrogen-bond donors (Lipinski definition) is 0. The molecule has 4 nitrogen and oxygen atoms in total. The highest BCUT2D eigenvalue weighted by molar-refractivity contribution is 14.0. The molecule has 0 amide bonds. The van der Waals surface area contributed by atoms with Crippen LogP contribution in [0.3, 0.4) is 0 Å². The van der Waals surface area contributed by atoms with Gasteiger partial charge in [0, 0.05) is 19.2 Å². The van der Waals surface area contributed by atoms with Crippen molar-refractivity contribution in [2.24, 2.45) is 0 Å². The van der Waals surface area contributed by atoms with E-state index in [9.17, 15) is 0 Å². The van der Waals surface area contributed by atoms with Gasteiger partial charge in [-0.25, -0.2) is 0 Å². The van der Waals surface area contributed by atoms with Crippen LogP contribution >= 0.6 is 24.0 Å². The fourth-order valence-electron chi connectivity index (χ4n) is 5.68. The zero-order chi connectivity index (χ0) is 28.2. The van der Waals surface area contributed by atoms with Crippen molar-refractivity contribution in [1.82, 2.24) is 0 Å². The molecular weight excluding hydrogens is 631 g/mol. The highest BCUT2D eigenvalue weighted by Gasteiger charge is 2.30. The standard InChI is InChI=1S/C37H38N2O2.HI/c1-4-21-38-32-25-30(28-13-9-7-10-14-28)17-19-34(32)40-36(38)23-27(6-3)24-37-39(22-5-2)33-26-31(18-20-35(33)41-37)29-15-11-8-12-16-29;/h7-20,23-26,36H,4-6,21-22H2,1-3H3;1H/b27-23+,37-24-;. The Kier molecular flexibility index (Phi) is 9.58. The van der Waals surface area contributed by atoms with Crippen molar-refractivity contribution < 1.29 is 9.47 Å². The Morgan fingerprint density at radius 2 is 1.29 bits per heavy atom. The van der Waals surface area contributed by atoms with Crippen LogP contribution in [0.1, 0.15) is 40.0 Å². The lowest BCUT2D eigenvalue weighted by Crippen LogP contribution is -2.34. The van der Waals surface area contributed by atoms with Gasteiger partial charge in [0.25, 0.3) is 0 Å². The summed E-state index contributed by atoms with van der Waals surface area (Å²) in [6.07, 6.45) is 7.24. The molecular formula is C37H39IN2O2. The monoisotopic (exact) mass is 670 g/mol. The van der Waals surface area contributed by atoms with Crippen molar-refractivity contribution in [2.75, 3.05) is 22.9 Å². The predicted molar refractivity (Wildman–Crippen MR) is 186 cm³/mol. The molecule has 4 aromatic rings. The van der Waals surface area contributed by atoms with Crippen LogP contribution in [0.5, 0.6) is 11.5 Å². The molecule has 216 valence electrons. The largest absolute Gasteiger partial charge is 0.465 e. The average molecular weight is 671 g/mol. The summed E-state index contributed by atoms with van der Waals surface area (Å²) in [4.78, 5) is 4.70. The fraction of sp³-hybridized carbons (Fsp3) is 0.243. The van der Waals surface area contributed by atoms with Crippen LogP contribution in [0.2, 0.25) is 0 Å². The second kappa shape index (κ2) is 13.5. The molecule has 2 aliphatic heterocycles. The molecule has 0 aromatic heterocycles. The molecule has 0 N–H and O–H groups in total. The third kappa shape index (κ3) is 6.07. The Morgan fingerprint density at radius 1 is 0.690 bits per heavy atom. The van der Waals surface area contributed by atoms with Gasteiger partial charge in [0.05, 0.1) is 11.4 Å². The number of allylic oxidation sites excluding steroid dienone is 2. The van der Waals surface area contributed by atoms with E-state index in [4.69, 9.17) is 9.47 Å². The lowest BCUT2D eigenvalue weighted by Gasteiger charge is -2.23. The van der Waals surface area contributed by atoms with Crippen LogP contribution in [-0.4, -0.2) is 19.3 Å². The smallest absolute Gasteiger partial charge is 0.200 e. The second-order valence-corrected chi connectivity index (χ2v) is 10.6. The van der Waals surface area contributed by atoms with Gasteiger partial charge >= 0.3 is 0 Å². The van der Waals surface area contributed by atoms with Crippen LogP contribution < -0.4 is 19.3 Å². The third-order valence-electron chi connectivity index (χ3n) is 7.75. The van der Waals surface area contributed by atoms with Crippen LogP contribution in [0.4, 0.5) is 11.4 Å². The number of benzene rings is 4. The first-order valence-electron chi connectivity index (χ1n) is 14.9. The predicted octanol–water partition coefficient (Wildman–Crippen LogP) is 10.1. The Hall–Kier alpha value is -3.71. The van der Waals surface area contributed by atoms with Crippen molar-refractivity contribution in [3.8, 4) is 33.8 Å². The topological polar surface area (TPSA) is 24.9 Å². The van der Waals surface area contributed by atoms with Crippen LogP contribution in [0, 0.1) is 0 Å². The number of hydrogen-bond acceptors (Lipinski definition) is 4. The molecule has 4 aromatic carbocycles. The fourth-order valence-corrected chi connectivity index (χ4v) is 5.68. The Morgan fingerprint density at radius 3 is 1.88 bits per heavy atom. The lowest BCUT2D eigenvalue weighted by molar-refractivity contribution is 0.272. The van der Waals surface area contributed by atoms with Crippen molar-refractivity contribution in [2.45, 2.75) is 46.3 Å². The summed E-state index contributed by atoms with van der Waals surface area (Å²) in [5.41, 5.74) is 8.31. The molecule has 0 aliphatic carbocycles. The molecule has 5 heteroatoms. The van der Waals surface area contributed by atoms with Crippen LogP contribution in [0.15, 0.2) is 121 Å². The van der Waals surface area contributed by atoms with E-state index in [0.717, 1.165) is 61.1 Å². The van der Waals surface area contributed by atoms with Gasteiger partial charge in [-0.05, 0) is 77.4 Å². The molecule has 42 heavy (non-hydrogen) atoms. The van der Waals surface area contributed by atoms with E-state index >= 15 is 0 Å². The number of anilines is 2. The third-order valence-corrected chi connectivity index (χ3v) is 7.75. The second-order valence-electron chi connectivity index (χ2n) is 10.6. The first kappa shape index (κ1) is 29.8. The molecule has 2 aliphatic rings. The molecule has 0 saturated heterocycles. The summed E-state index contributed by atoms with van der Waals surface area (Å²) in [5.74, 6) is 2.72. The zero-order valence-electron chi connectivity index (χ0n) is 24.6. The maximum Gasteiger partial charge on any atom is 0.200 e. The van der Waals surface area contributed by atoms with E-state index in [0.29, 0.717) is 0 Å². The van der Waals surface area contributed by atoms with Gasteiger partial charge < -0.3 is 19.3 Å². The minimum atomic E-state index is -0.157. The number of fused-ring (bicyclic) bond motifs is 2. The molecule has 2 heterocycles. The van der Waals surface area contributed by atoms with Gasteiger partial charge in [-0.1, -0.05) is 93.6 Å². The lowest BCUT2D eigenvalue weighted by atomic mass is 10.0. The van der Waals surface area contributed by atoms with Gasteiger partial charge in [0.15, 0.2) is 12.0 Å². The Labute approximate surface area is 267 Å². The van der Waals surface area contributed by atoms with Crippen LogP contribution in [0.25, 0.3) is 22.3 Å². The van der Waals surface area contributed by atoms with Gasteiger partial charge in [0.2, 0.25) is 5.88 Å². The van der Waals surface area contributed by atoms with Gasteiger partial charge in [0.1, 0.15) is 5.75 Å². The minimum Gasteiger partial charge on any atom is -0.465 e. The Bertz CT molecular complexity index is 1570. The van der Waals surface area contributed by atoms with Gasteiger partial charge in [-0.2, -0.15) is 0 Å². The molecule has 0 saturated carbocycles. The van der Waals surface area contributed by atoms with E-state index in [1.165, 1.54) is 27.8 Å². The minimum absolute atomic E-state index is 0. The maximum atomic E-state index is 6.53. The number of ether oxygens (including phenoxy) is 2. The highest BCUT2D eigenvalue weighted by Crippen LogP contribution is 2.43. The first-order valence-corrected chi connectivity index (χ1v) is 14.9. The zero-order valence-corrected chi connectivity index (χ0v) is 27.0. The van der Waals surface area contributed by atoms with Crippen LogP contribution in [-0.2, 0) is 0 Å². The van der Waals surface area contributed by atoms with Crippen molar-refractivity contribution in [1.29, 1.82) is 0 Å². The van der Waals surface area contributed by atoms with E-state index in [2.05, 4.69) is 140 Å². The number of nitrogens with zero attached hydrogens (tertiary/aromatic N) is 2. The van der Waals surface area contributed by atoms with Crippen molar-refractivity contribution >= 4 is 35.4 Å². The summed E-state index contributed by atoms with van der Waals surface area (Å²) in [6, 6.07) is 34.1. The van der Waals surface area contributed by atoms with Crippen molar-refractivity contribution in [3.05, 3.63) is 121 Å². The summed E-state index contributed by atoms with van der Waals surface area (Å²) in [6.45, 7) is 8.44. The van der Waals surface area contributed by atoms with E-state index in [1.54, 1.807) is 0 Å². The molecule has 6 rings (SSSR count). The molecule has 0 spiro atoms. The molecule has 1 unspecified atom stereocenters. The van der Waals surface area contributed by atoms with E-state index < -0.39 is 0 Å². The summed E-state index contributed by atoms with van der Waals surface area (Å²) >= 11 is 0. The molecule has 0 radical (unpaired) electrons. The maximum absolute atomic E-state index is 6.53. The average Bonchev–Trinajstić information content (AvgIpc) is 3.54. The van der Waals surface area contributed by atoms with Gasteiger partial charge in [-0.3, -0.25) is 0 Å². The SMILES string of the molecule is CCCN1/C(=C/C(=C/C2Oc3ccc(-c4ccccc4)cc3N2CCC)CC)Oc2ccc(-c3ccccc3)cc21.I. The van der Waals surface area contributed by atoms with E-state index in [-0.39, 0.29) is 30.2 Å². The summed E-state index contributed by atoms with van der Waals surface area (Å²) in [7, 11) is 0. The Balaban J connectivity index is 0.00000353. The molecule has 0 bridgehead atoms. The van der Waals surface area contributed by atoms with Crippen molar-refractivity contribution in [3.63, 3.8) is 0 Å². The van der Waals surface area contributed by atoms with E-state index in [1.807, 2.05) is 0 Å². The normalized spacial score (nSPS) is 16.5. The molecule has 0 fully saturated rings. The quantitative estimate of drug-likeness (QED) is 0.166.